The van der Waals surface area contributed by atoms with E-state index in [1.54, 1.807) is 35.0 Å². The molecule has 0 N–H and O–H groups in total. The number of benzene rings is 3. The number of hydrogen-bond donors (Lipinski definition) is 0. The van der Waals surface area contributed by atoms with Crippen LogP contribution < -0.4 is 0 Å². The van der Waals surface area contributed by atoms with E-state index in [0.29, 0.717) is 16.8 Å². The minimum absolute atomic E-state index is 0.0236. The molecule has 0 bridgehead atoms. The first kappa shape index (κ1) is 18.4. The lowest BCUT2D eigenvalue weighted by molar-refractivity contribution is -0.0859. The highest BCUT2D eigenvalue weighted by atomic mass is 19.4. The monoisotopic (exact) mass is 405 g/mol. The van der Waals surface area contributed by atoms with Crippen LogP contribution in [0.2, 0.25) is 0 Å². The Labute approximate surface area is 170 Å². The highest BCUT2D eigenvalue weighted by Crippen LogP contribution is 2.48. The summed E-state index contributed by atoms with van der Waals surface area (Å²) in [6.45, 7) is 0. The van der Waals surface area contributed by atoms with Crippen molar-refractivity contribution in [1.29, 1.82) is 0 Å². The third-order valence-electron chi connectivity index (χ3n) is 5.28. The summed E-state index contributed by atoms with van der Waals surface area (Å²) in [6.07, 6.45) is -1.74. The lowest BCUT2D eigenvalue weighted by Crippen LogP contribution is -2.14. The Balaban J connectivity index is 1.93. The molecule has 5 rings (SSSR count). The zero-order valence-corrected chi connectivity index (χ0v) is 15.6. The van der Waals surface area contributed by atoms with E-state index in [9.17, 15) is 17.6 Å². The number of alkyl halides is 3. The maximum atomic E-state index is 14.1. The van der Waals surface area contributed by atoms with Gasteiger partial charge in [-0.05, 0) is 52.4 Å². The van der Waals surface area contributed by atoms with Crippen molar-refractivity contribution in [2.75, 3.05) is 0 Å². The van der Waals surface area contributed by atoms with Gasteiger partial charge in [0.05, 0.1) is 16.8 Å². The Morgan fingerprint density at radius 3 is 2.30 bits per heavy atom. The lowest BCUT2D eigenvalue weighted by atomic mass is 9.96. The molecule has 1 aromatic heterocycles. The normalized spacial score (nSPS) is 15.3. The Hall–Kier alpha value is -3.60. The summed E-state index contributed by atoms with van der Waals surface area (Å²) in [4.78, 5) is 0. The summed E-state index contributed by atoms with van der Waals surface area (Å²) in [5.74, 6) is -0.576. The molecule has 3 aromatic carbocycles. The quantitative estimate of drug-likeness (QED) is 0.312. The molecule has 0 radical (unpaired) electrons. The van der Waals surface area contributed by atoms with E-state index in [4.69, 9.17) is 0 Å². The van der Waals surface area contributed by atoms with Crippen LogP contribution in [0.4, 0.5) is 17.6 Å². The van der Waals surface area contributed by atoms with Crippen LogP contribution in [0.25, 0.3) is 28.2 Å². The van der Waals surface area contributed by atoms with Crippen molar-refractivity contribution in [3.05, 3.63) is 113 Å². The molecule has 0 atom stereocenters. The average Bonchev–Trinajstić information content (AvgIpc) is 3.32. The molecule has 148 valence electrons. The van der Waals surface area contributed by atoms with Gasteiger partial charge >= 0.3 is 6.18 Å². The SMILES string of the molecule is Fc1ccc2c(c1)/C(=C(\c1ccccc1)n1ccc3ccccc31)C(C(F)(F)F)=C2. The minimum Gasteiger partial charge on any atom is -0.315 e. The highest BCUT2D eigenvalue weighted by Gasteiger charge is 2.41. The highest BCUT2D eigenvalue weighted by molar-refractivity contribution is 6.08. The zero-order valence-electron chi connectivity index (χ0n) is 15.6. The van der Waals surface area contributed by atoms with Crippen LogP contribution in [-0.2, 0) is 0 Å². The van der Waals surface area contributed by atoms with Gasteiger partial charge in [-0.2, -0.15) is 13.2 Å². The van der Waals surface area contributed by atoms with Crippen molar-refractivity contribution in [2.45, 2.75) is 6.18 Å². The molecule has 0 unspecified atom stereocenters. The second-order valence-electron chi connectivity index (χ2n) is 7.12. The fourth-order valence-corrected chi connectivity index (χ4v) is 4.00. The standard InChI is InChI=1S/C25H15F4N/c26-19-11-10-18-14-21(25(27,28)29)23(20(18)15-19)24(17-7-2-1-3-8-17)30-13-12-16-6-4-5-9-22(16)30/h1-15H/b24-23-. The molecule has 0 saturated heterocycles. The van der Waals surface area contributed by atoms with Crippen LogP contribution in [0.3, 0.4) is 0 Å². The summed E-state index contributed by atoms with van der Waals surface area (Å²) in [5.41, 5.74) is 1.54. The number of halogens is 4. The van der Waals surface area contributed by atoms with E-state index in [0.717, 1.165) is 17.0 Å². The summed E-state index contributed by atoms with van der Waals surface area (Å²) in [5, 5.41) is 0.904. The molecule has 1 aliphatic carbocycles. The second-order valence-corrected chi connectivity index (χ2v) is 7.12. The number of aromatic nitrogens is 1. The molecule has 4 aromatic rings. The molecule has 1 nitrogen and oxygen atoms in total. The van der Waals surface area contributed by atoms with Crippen LogP contribution in [0, 0.1) is 5.82 Å². The van der Waals surface area contributed by atoms with Crippen molar-refractivity contribution in [3.8, 4) is 0 Å². The van der Waals surface area contributed by atoms with E-state index >= 15 is 0 Å². The van der Waals surface area contributed by atoms with Crippen molar-refractivity contribution in [2.24, 2.45) is 0 Å². The smallest absolute Gasteiger partial charge is 0.315 e. The van der Waals surface area contributed by atoms with Gasteiger partial charge in [0.2, 0.25) is 0 Å². The fraction of sp³-hybridized carbons (Fsp3) is 0.0400. The van der Waals surface area contributed by atoms with Gasteiger partial charge in [0, 0.05) is 11.8 Å². The molecule has 1 heterocycles. The van der Waals surface area contributed by atoms with Crippen molar-refractivity contribution in [1.82, 2.24) is 4.57 Å². The van der Waals surface area contributed by atoms with Gasteiger partial charge < -0.3 is 4.57 Å². The van der Waals surface area contributed by atoms with Crippen LogP contribution in [0.1, 0.15) is 16.7 Å². The Bertz CT molecular complexity index is 1320. The van der Waals surface area contributed by atoms with Crippen LogP contribution in [-0.4, -0.2) is 10.7 Å². The van der Waals surface area contributed by atoms with Gasteiger partial charge in [-0.3, -0.25) is 0 Å². The zero-order chi connectivity index (χ0) is 20.9. The Morgan fingerprint density at radius 1 is 0.800 bits per heavy atom. The van der Waals surface area contributed by atoms with Crippen molar-refractivity contribution in [3.63, 3.8) is 0 Å². The molecular weight excluding hydrogens is 390 g/mol. The molecule has 0 saturated carbocycles. The number of rotatable bonds is 2. The van der Waals surface area contributed by atoms with E-state index < -0.39 is 17.6 Å². The van der Waals surface area contributed by atoms with E-state index in [1.165, 1.54) is 18.2 Å². The van der Waals surface area contributed by atoms with Crippen molar-refractivity contribution >= 4 is 28.2 Å². The minimum atomic E-state index is -4.59. The number of allylic oxidation sites excluding steroid dienone is 2. The second kappa shape index (κ2) is 6.73. The van der Waals surface area contributed by atoms with Crippen molar-refractivity contribution < 1.29 is 17.6 Å². The van der Waals surface area contributed by atoms with Gasteiger partial charge in [-0.1, -0.05) is 54.6 Å². The number of nitrogens with zero attached hydrogens (tertiary/aromatic N) is 1. The number of hydrogen-bond acceptors (Lipinski definition) is 0. The number of fused-ring (bicyclic) bond motifs is 2. The Morgan fingerprint density at radius 2 is 1.53 bits per heavy atom. The molecule has 1 aliphatic rings. The van der Waals surface area contributed by atoms with Crippen LogP contribution in [0.15, 0.2) is 90.6 Å². The third-order valence-corrected chi connectivity index (χ3v) is 5.28. The topological polar surface area (TPSA) is 4.93 Å². The predicted molar refractivity (Wildman–Crippen MR) is 111 cm³/mol. The maximum Gasteiger partial charge on any atom is 0.417 e. The van der Waals surface area contributed by atoms with Crippen LogP contribution in [0.5, 0.6) is 0 Å². The molecule has 5 heteroatoms. The molecule has 0 aliphatic heterocycles. The van der Waals surface area contributed by atoms with Gasteiger partial charge in [0.1, 0.15) is 5.82 Å². The first-order chi connectivity index (χ1) is 14.4. The predicted octanol–water partition coefficient (Wildman–Crippen LogP) is 7.16. The van der Waals surface area contributed by atoms with Gasteiger partial charge in [0.25, 0.3) is 0 Å². The molecule has 0 fully saturated rings. The van der Waals surface area contributed by atoms with Gasteiger partial charge in [0.15, 0.2) is 0 Å². The molecule has 0 amide bonds. The maximum absolute atomic E-state index is 14.1. The molecular formula is C25H15F4N. The van der Waals surface area contributed by atoms with E-state index in [1.807, 2.05) is 36.4 Å². The summed E-state index contributed by atoms with van der Waals surface area (Å²) in [7, 11) is 0. The third kappa shape index (κ3) is 2.94. The number of para-hydroxylation sites is 1. The van der Waals surface area contributed by atoms with E-state index in [-0.39, 0.29) is 11.1 Å². The fourth-order valence-electron chi connectivity index (χ4n) is 4.00. The van der Waals surface area contributed by atoms with E-state index in [2.05, 4.69) is 0 Å². The first-order valence-corrected chi connectivity index (χ1v) is 9.39. The molecule has 30 heavy (non-hydrogen) atoms. The Kier molecular flexibility index (Phi) is 4.13. The molecule has 0 spiro atoms. The summed E-state index contributed by atoms with van der Waals surface area (Å²) in [6, 6.07) is 22.0. The largest absolute Gasteiger partial charge is 0.417 e. The summed E-state index contributed by atoms with van der Waals surface area (Å²) >= 11 is 0. The lowest BCUT2D eigenvalue weighted by Gasteiger charge is -2.20. The average molecular weight is 405 g/mol. The van der Waals surface area contributed by atoms with Gasteiger partial charge in [-0.25, -0.2) is 4.39 Å². The summed E-state index contributed by atoms with van der Waals surface area (Å²) < 4.78 is 58.1. The van der Waals surface area contributed by atoms with Crippen LogP contribution >= 0.6 is 0 Å². The van der Waals surface area contributed by atoms with Gasteiger partial charge in [-0.15, -0.1) is 0 Å². The first-order valence-electron chi connectivity index (χ1n) is 9.39.